The summed E-state index contributed by atoms with van der Waals surface area (Å²) in [5.41, 5.74) is 5.62. The number of benzene rings is 2. The molecule has 0 aliphatic heterocycles. The minimum atomic E-state index is -1.13. The Balaban J connectivity index is 1.93. The fourth-order valence-electron chi connectivity index (χ4n) is 2.96. The zero-order valence-corrected chi connectivity index (χ0v) is 15.7. The second kappa shape index (κ2) is 8.83. The van der Waals surface area contributed by atoms with Crippen LogP contribution in [0.1, 0.15) is 39.5 Å². The van der Waals surface area contributed by atoms with E-state index in [1.165, 1.54) is 0 Å². The maximum Gasteiger partial charge on any atom is 0.407 e. The van der Waals surface area contributed by atoms with E-state index in [1.54, 1.807) is 0 Å². The van der Waals surface area contributed by atoms with Gasteiger partial charge in [-0.3, -0.25) is 0 Å². The van der Waals surface area contributed by atoms with Crippen molar-refractivity contribution in [2.45, 2.75) is 46.5 Å². The molecule has 1 amide bonds. The van der Waals surface area contributed by atoms with Gasteiger partial charge in [0.25, 0.3) is 0 Å². The first kappa shape index (κ1) is 19.9. The van der Waals surface area contributed by atoms with Crippen LogP contribution in [-0.4, -0.2) is 29.0 Å². The molecule has 0 aromatic heterocycles. The predicted octanol–water partition coefficient (Wildman–Crippen LogP) is 3.24. The first-order valence-electron chi connectivity index (χ1n) is 8.69. The lowest BCUT2D eigenvalue weighted by molar-refractivity contribution is 0.0176. The molecule has 0 bridgehead atoms. The number of aryl methyl sites for hydroxylation is 2. The number of hydrogen-bond acceptors (Lipinski definition) is 4. The fraction of sp³-hybridized carbons (Fsp3) is 0.381. The van der Waals surface area contributed by atoms with E-state index < -0.39 is 18.3 Å². The number of nitrogens with one attached hydrogen (secondary N) is 1. The molecule has 0 saturated heterocycles. The van der Waals surface area contributed by atoms with Gasteiger partial charge < -0.3 is 20.3 Å². The first-order valence-corrected chi connectivity index (χ1v) is 8.69. The number of aliphatic hydroxyl groups is 2. The minimum absolute atomic E-state index is 0.0966. The molecule has 0 aliphatic rings. The second-order valence-electron chi connectivity index (χ2n) is 6.63. The Hall–Kier alpha value is -2.37. The van der Waals surface area contributed by atoms with Crippen LogP contribution in [-0.2, 0) is 11.3 Å². The van der Waals surface area contributed by atoms with E-state index in [2.05, 4.69) is 11.4 Å². The molecule has 5 nitrogen and oxygen atoms in total. The van der Waals surface area contributed by atoms with Crippen molar-refractivity contribution in [2.75, 3.05) is 6.54 Å². The van der Waals surface area contributed by atoms with Gasteiger partial charge in [0, 0.05) is 6.54 Å². The Morgan fingerprint density at radius 2 is 1.62 bits per heavy atom. The summed E-state index contributed by atoms with van der Waals surface area (Å²) in [6.07, 6.45) is -2.84. The van der Waals surface area contributed by atoms with E-state index in [-0.39, 0.29) is 13.2 Å². The molecule has 3 N–H and O–H groups in total. The van der Waals surface area contributed by atoms with Gasteiger partial charge in [-0.2, -0.15) is 0 Å². The fourth-order valence-corrected chi connectivity index (χ4v) is 2.96. The van der Waals surface area contributed by atoms with E-state index >= 15 is 0 Å². The molecule has 0 aliphatic carbocycles. The topological polar surface area (TPSA) is 78.8 Å². The number of alkyl carbamates (subject to hydrolysis) is 1. The summed E-state index contributed by atoms with van der Waals surface area (Å²) < 4.78 is 5.11. The normalized spacial score (nSPS) is 13.2. The molecule has 5 heteroatoms. The standard InChI is InChI=1S/C21H27NO4/c1-13-10-14(2)16(4)19(15(13)3)20(24)18(23)11-22-21(25)26-12-17-8-6-5-7-9-17/h5-10,18,20,23-24H,11-12H2,1-4H3,(H,22,25). The lowest BCUT2D eigenvalue weighted by atomic mass is 9.89. The highest BCUT2D eigenvalue weighted by molar-refractivity contribution is 5.67. The SMILES string of the molecule is Cc1cc(C)c(C)c(C(O)C(O)CNC(=O)OCc2ccccc2)c1C. The highest BCUT2D eigenvalue weighted by Gasteiger charge is 2.24. The Morgan fingerprint density at radius 1 is 1.04 bits per heavy atom. The number of rotatable bonds is 6. The van der Waals surface area contributed by atoms with Crippen LogP contribution < -0.4 is 5.32 Å². The van der Waals surface area contributed by atoms with Crippen molar-refractivity contribution < 1.29 is 19.7 Å². The molecule has 0 heterocycles. The van der Waals surface area contributed by atoms with Crippen LogP contribution in [0.25, 0.3) is 0 Å². The molecule has 140 valence electrons. The summed E-state index contributed by atoms with van der Waals surface area (Å²) >= 11 is 0. The van der Waals surface area contributed by atoms with Gasteiger partial charge in [0.05, 0.1) is 0 Å². The third kappa shape index (κ3) is 4.84. The molecule has 0 fully saturated rings. The Labute approximate surface area is 154 Å². The first-order chi connectivity index (χ1) is 12.3. The lowest BCUT2D eigenvalue weighted by Gasteiger charge is -2.24. The van der Waals surface area contributed by atoms with E-state index in [4.69, 9.17) is 4.74 Å². The molecule has 2 aromatic carbocycles. The third-order valence-corrected chi connectivity index (χ3v) is 4.75. The van der Waals surface area contributed by atoms with Crippen molar-refractivity contribution >= 4 is 6.09 Å². The largest absolute Gasteiger partial charge is 0.445 e. The summed E-state index contributed by atoms with van der Waals surface area (Å²) in [5, 5.41) is 23.4. The number of carbonyl (C=O) groups is 1. The van der Waals surface area contributed by atoms with Crippen LogP contribution in [0.5, 0.6) is 0 Å². The van der Waals surface area contributed by atoms with Crippen LogP contribution in [0.4, 0.5) is 4.79 Å². The number of carbonyl (C=O) groups excluding carboxylic acids is 1. The van der Waals surface area contributed by atoms with Gasteiger partial charge >= 0.3 is 6.09 Å². The summed E-state index contributed by atoms with van der Waals surface area (Å²) in [7, 11) is 0. The third-order valence-electron chi connectivity index (χ3n) is 4.75. The summed E-state index contributed by atoms with van der Waals surface area (Å²) in [4.78, 5) is 11.8. The highest BCUT2D eigenvalue weighted by Crippen LogP contribution is 2.29. The van der Waals surface area contributed by atoms with Crippen molar-refractivity contribution in [1.82, 2.24) is 5.32 Å². The summed E-state index contributed by atoms with van der Waals surface area (Å²) in [5.74, 6) is 0. The van der Waals surface area contributed by atoms with E-state index in [0.29, 0.717) is 0 Å². The molecule has 26 heavy (non-hydrogen) atoms. The zero-order valence-electron chi connectivity index (χ0n) is 15.7. The Bertz CT molecular complexity index is 732. The van der Waals surface area contributed by atoms with E-state index in [9.17, 15) is 15.0 Å². The average Bonchev–Trinajstić information content (AvgIpc) is 2.63. The maximum atomic E-state index is 11.8. The molecular weight excluding hydrogens is 330 g/mol. The Kier molecular flexibility index (Phi) is 6.77. The molecule has 2 atom stereocenters. The average molecular weight is 357 g/mol. The molecule has 0 radical (unpaired) electrons. The van der Waals surface area contributed by atoms with Crippen LogP contribution in [0.2, 0.25) is 0 Å². The van der Waals surface area contributed by atoms with Crippen molar-refractivity contribution in [3.05, 3.63) is 69.8 Å². The quantitative estimate of drug-likeness (QED) is 0.742. The highest BCUT2D eigenvalue weighted by atomic mass is 16.5. The van der Waals surface area contributed by atoms with Gasteiger partial charge in [-0.25, -0.2) is 4.79 Å². The van der Waals surface area contributed by atoms with Crippen molar-refractivity contribution in [3.8, 4) is 0 Å². The van der Waals surface area contributed by atoms with Gasteiger partial charge in [0.1, 0.15) is 18.8 Å². The number of amides is 1. The lowest BCUT2D eigenvalue weighted by Crippen LogP contribution is -2.36. The molecule has 0 saturated carbocycles. The molecule has 2 aromatic rings. The van der Waals surface area contributed by atoms with E-state index in [1.807, 2.05) is 58.0 Å². The van der Waals surface area contributed by atoms with Crippen molar-refractivity contribution in [1.29, 1.82) is 0 Å². The summed E-state index contributed by atoms with van der Waals surface area (Å²) in [6, 6.07) is 11.4. The smallest absolute Gasteiger partial charge is 0.407 e. The molecular formula is C21H27NO4. The van der Waals surface area contributed by atoms with Gasteiger partial charge in [0.2, 0.25) is 0 Å². The van der Waals surface area contributed by atoms with Crippen LogP contribution >= 0.6 is 0 Å². The van der Waals surface area contributed by atoms with Crippen LogP contribution in [0, 0.1) is 27.7 Å². The minimum Gasteiger partial charge on any atom is -0.445 e. The van der Waals surface area contributed by atoms with Gasteiger partial charge in [0.15, 0.2) is 0 Å². The number of ether oxygens (including phenoxy) is 1. The monoisotopic (exact) mass is 357 g/mol. The predicted molar refractivity (Wildman–Crippen MR) is 101 cm³/mol. The number of aliphatic hydroxyl groups excluding tert-OH is 2. The molecule has 0 spiro atoms. The maximum absolute atomic E-state index is 11.8. The Morgan fingerprint density at radius 3 is 2.19 bits per heavy atom. The number of hydrogen-bond donors (Lipinski definition) is 3. The zero-order chi connectivity index (χ0) is 19.3. The van der Waals surface area contributed by atoms with Crippen molar-refractivity contribution in [3.63, 3.8) is 0 Å². The van der Waals surface area contributed by atoms with Crippen LogP contribution in [0.3, 0.4) is 0 Å². The summed E-state index contributed by atoms with van der Waals surface area (Å²) in [6.45, 7) is 7.86. The van der Waals surface area contributed by atoms with Crippen molar-refractivity contribution in [2.24, 2.45) is 0 Å². The van der Waals surface area contributed by atoms with E-state index in [0.717, 1.165) is 33.4 Å². The van der Waals surface area contributed by atoms with Gasteiger partial charge in [-0.1, -0.05) is 36.4 Å². The molecule has 2 rings (SSSR count). The van der Waals surface area contributed by atoms with Gasteiger partial charge in [-0.05, 0) is 61.1 Å². The van der Waals surface area contributed by atoms with Gasteiger partial charge in [-0.15, -0.1) is 0 Å². The molecule has 2 unspecified atom stereocenters. The second-order valence-corrected chi connectivity index (χ2v) is 6.63. The van der Waals surface area contributed by atoms with Crippen LogP contribution in [0.15, 0.2) is 36.4 Å².